The van der Waals surface area contributed by atoms with Gasteiger partial charge in [-0.25, -0.2) is 4.79 Å². The molecule has 0 aliphatic carbocycles. The molecule has 1 aliphatic rings. The summed E-state index contributed by atoms with van der Waals surface area (Å²) in [6.07, 6.45) is -1.15. The number of urea groups is 1. The lowest BCUT2D eigenvalue weighted by Gasteiger charge is -2.43. The summed E-state index contributed by atoms with van der Waals surface area (Å²) in [5.41, 5.74) is 6.35. The van der Waals surface area contributed by atoms with E-state index in [-0.39, 0.29) is 30.8 Å². The van der Waals surface area contributed by atoms with Crippen molar-refractivity contribution in [2.45, 2.75) is 45.1 Å². The second-order valence-electron chi connectivity index (χ2n) is 13.6. The quantitative estimate of drug-likeness (QED) is 0.110. The standard InChI is InChI=1S/C46H45N3O5/c1-33-43(31-49(29-34-12-5-2-6-13-34)30-35-14-7-3-8-15-35)53-45(54-44(33)37-22-20-36(32-50)21-23-37)38-16-11-17-40(28-38)48-46(51)47-39-24-26-42(27-25-39)52-41-18-9-4-10-19-41/h2-28,33,43-45,50H,29-32H2,1H3,(H2,47,48,51)/t33-,43+,44+,45+/m0/s1. The molecule has 0 bridgehead atoms. The summed E-state index contributed by atoms with van der Waals surface area (Å²) in [6.45, 7) is 4.36. The average Bonchev–Trinajstić information content (AvgIpc) is 3.21. The minimum Gasteiger partial charge on any atom is -0.457 e. The first-order valence-electron chi connectivity index (χ1n) is 18.3. The van der Waals surface area contributed by atoms with Crippen LogP contribution < -0.4 is 15.4 Å². The SMILES string of the molecule is C[C@H]1[C@@H](CN(Cc2ccccc2)Cc2ccccc2)O[C@@H](c2cccc(NC(=O)Nc3ccc(Oc4ccccc4)cc3)c2)O[C@H]1c1ccc(CO)cc1. The molecule has 0 unspecified atom stereocenters. The molecular weight excluding hydrogens is 675 g/mol. The van der Waals surface area contributed by atoms with Crippen LogP contribution >= 0.6 is 0 Å². The van der Waals surface area contributed by atoms with Crippen LogP contribution in [0.5, 0.6) is 11.5 Å². The number of aliphatic hydroxyl groups excluding tert-OH is 1. The van der Waals surface area contributed by atoms with Crippen molar-refractivity contribution in [3.63, 3.8) is 0 Å². The molecule has 8 nitrogen and oxygen atoms in total. The van der Waals surface area contributed by atoms with Crippen LogP contribution in [0.2, 0.25) is 0 Å². The van der Waals surface area contributed by atoms with E-state index >= 15 is 0 Å². The second kappa shape index (κ2) is 17.8. The normalized spacial score (nSPS) is 18.2. The van der Waals surface area contributed by atoms with Gasteiger partial charge in [0.2, 0.25) is 0 Å². The number of carbonyl (C=O) groups excluding carboxylic acids is 1. The van der Waals surface area contributed by atoms with Gasteiger partial charge in [-0.3, -0.25) is 4.90 Å². The second-order valence-corrected chi connectivity index (χ2v) is 13.6. The van der Waals surface area contributed by atoms with E-state index in [1.807, 2.05) is 103 Å². The number of nitrogens with one attached hydrogen (secondary N) is 2. The molecule has 8 heteroatoms. The van der Waals surface area contributed by atoms with Crippen LogP contribution in [0.1, 0.15) is 47.1 Å². The Morgan fingerprint density at radius 2 is 1.22 bits per heavy atom. The molecule has 7 rings (SSSR count). The highest BCUT2D eigenvalue weighted by atomic mass is 16.7. The van der Waals surface area contributed by atoms with Gasteiger partial charge in [0.1, 0.15) is 11.5 Å². The fourth-order valence-electron chi connectivity index (χ4n) is 6.74. The van der Waals surface area contributed by atoms with Crippen LogP contribution in [0, 0.1) is 5.92 Å². The molecule has 1 heterocycles. The molecule has 3 N–H and O–H groups in total. The smallest absolute Gasteiger partial charge is 0.323 e. The third kappa shape index (κ3) is 9.80. The Kier molecular flexibility index (Phi) is 12.1. The molecule has 4 atom stereocenters. The zero-order valence-corrected chi connectivity index (χ0v) is 30.3. The van der Waals surface area contributed by atoms with E-state index < -0.39 is 6.29 Å². The molecule has 6 aromatic rings. The molecule has 0 aromatic heterocycles. The third-order valence-electron chi connectivity index (χ3n) is 9.57. The molecule has 2 amide bonds. The first-order valence-corrected chi connectivity index (χ1v) is 18.3. The molecule has 0 radical (unpaired) electrons. The van der Waals surface area contributed by atoms with E-state index in [2.05, 4.69) is 71.0 Å². The molecule has 1 saturated heterocycles. The summed E-state index contributed by atoms with van der Waals surface area (Å²) < 4.78 is 19.5. The Morgan fingerprint density at radius 1 is 0.630 bits per heavy atom. The van der Waals surface area contributed by atoms with Gasteiger partial charge < -0.3 is 30.0 Å². The summed E-state index contributed by atoms with van der Waals surface area (Å²) in [5, 5.41) is 15.6. The maximum atomic E-state index is 13.1. The average molecular weight is 720 g/mol. The van der Waals surface area contributed by atoms with E-state index in [0.29, 0.717) is 23.7 Å². The van der Waals surface area contributed by atoms with Crippen LogP contribution in [0.3, 0.4) is 0 Å². The number of benzene rings is 6. The molecular formula is C46H45N3O5. The summed E-state index contributed by atoms with van der Waals surface area (Å²) in [6, 6.07) is 52.9. The predicted octanol–water partition coefficient (Wildman–Crippen LogP) is 10.1. The van der Waals surface area contributed by atoms with Crippen LogP contribution in [-0.2, 0) is 29.2 Å². The Balaban J connectivity index is 1.08. The Hall–Kier alpha value is -5.77. The number of para-hydroxylation sites is 1. The lowest BCUT2D eigenvalue weighted by Crippen LogP contribution is -2.44. The molecule has 6 aromatic carbocycles. The maximum absolute atomic E-state index is 13.1. The number of carbonyl (C=O) groups is 1. The van der Waals surface area contributed by atoms with Crippen LogP contribution in [0.15, 0.2) is 164 Å². The molecule has 1 aliphatic heterocycles. The van der Waals surface area contributed by atoms with E-state index in [4.69, 9.17) is 14.2 Å². The van der Waals surface area contributed by atoms with Crippen molar-refractivity contribution in [2.24, 2.45) is 5.92 Å². The summed E-state index contributed by atoms with van der Waals surface area (Å²) in [5.74, 6) is 1.42. The number of rotatable bonds is 13. The molecule has 0 spiro atoms. The van der Waals surface area contributed by atoms with E-state index in [1.165, 1.54) is 11.1 Å². The summed E-state index contributed by atoms with van der Waals surface area (Å²) in [7, 11) is 0. The Bertz CT molecular complexity index is 2020. The maximum Gasteiger partial charge on any atom is 0.323 e. The molecule has 274 valence electrons. The molecule has 1 fully saturated rings. The lowest BCUT2D eigenvalue weighted by molar-refractivity contribution is -0.276. The highest BCUT2D eigenvalue weighted by Crippen LogP contribution is 2.42. The topological polar surface area (TPSA) is 92.3 Å². The van der Waals surface area contributed by atoms with Gasteiger partial charge >= 0.3 is 6.03 Å². The van der Waals surface area contributed by atoms with Crippen LogP contribution in [0.4, 0.5) is 16.2 Å². The predicted molar refractivity (Wildman–Crippen MR) is 212 cm³/mol. The fourth-order valence-corrected chi connectivity index (χ4v) is 6.74. The number of amides is 2. The van der Waals surface area contributed by atoms with Gasteiger partial charge in [-0.15, -0.1) is 0 Å². The van der Waals surface area contributed by atoms with Crippen molar-refractivity contribution in [1.82, 2.24) is 4.90 Å². The number of hydrogen-bond acceptors (Lipinski definition) is 6. The minimum absolute atomic E-state index is 0.00633. The van der Waals surface area contributed by atoms with E-state index in [0.717, 1.165) is 35.5 Å². The number of nitrogens with zero attached hydrogens (tertiary/aromatic N) is 1. The minimum atomic E-state index is -0.689. The zero-order valence-electron chi connectivity index (χ0n) is 30.3. The van der Waals surface area contributed by atoms with Crippen molar-refractivity contribution in [2.75, 3.05) is 17.2 Å². The van der Waals surface area contributed by atoms with E-state index in [9.17, 15) is 9.90 Å². The van der Waals surface area contributed by atoms with Gasteiger partial charge in [-0.1, -0.05) is 122 Å². The fraction of sp³-hybridized carbons (Fsp3) is 0.196. The highest BCUT2D eigenvalue weighted by Gasteiger charge is 2.39. The Labute approximate surface area is 317 Å². The van der Waals surface area contributed by atoms with Gasteiger partial charge in [0.05, 0.1) is 18.8 Å². The van der Waals surface area contributed by atoms with Gasteiger partial charge in [-0.2, -0.15) is 0 Å². The lowest BCUT2D eigenvalue weighted by atomic mass is 9.89. The number of anilines is 2. The molecule has 54 heavy (non-hydrogen) atoms. The molecule has 0 saturated carbocycles. The van der Waals surface area contributed by atoms with E-state index in [1.54, 1.807) is 12.1 Å². The highest BCUT2D eigenvalue weighted by molar-refractivity contribution is 5.99. The number of ether oxygens (including phenoxy) is 3. The van der Waals surface area contributed by atoms with Gasteiger partial charge in [0, 0.05) is 42.5 Å². The zero-order chi connectivity index (χ0) is 37.1. The largest absolute Gasteiger partial charge is 0.457 e. The van der Waals surface area contributed by atoms with Gasteiger partial charge in [0.25, 0.3) is 0 Å². The van der Waals surface area contributed by atoms with Crippen molar-refractivity contribution in [1.29, 1.82) is 0 Å². The summed E-state index contributed by atoms with van der Waals surface area (Å²) in [4.78, 5) is 15.5. The first kappa shape index (κ1) is 36.6. The third-order valence-corrected chi connectivity index (χ3v) is 9.57. The number of aliphatic hydroxyl groups is 1. The van der Waals surface area contributed by atoms with Crippen molar-refractivity contribution in [3.8, 4) is 11.5 Å². The van der Waals surface area contributed by atoms with Crippen LogP contribution in [0.25, 0.3) is 0 Å². The summed E-state index contributed by atoms with van der Waals surface area (Å²) >= 11 is 0. The van der Waals surface area contributed by atoms with Crippen molar-refractivity contribution in [3.05, 3.63) is 192 Å². The first-order chi connectivity index (χ1) is 26.5. The monoisotopic (exact) mass is 719 g/mol. The number of hydrogen-bond donors (Lipinski definition) is 3. The van der Waals surface area contributed by atoms with Crippen molar-refractivity contribution >= 4 is 17.4 Å². The van der Waals surface area contributed by atoms with Gasteiger partial charge in [-0.05, 0) is 70.8 Å². The van der Waals surface area contributed by atoms with Crippen LogP contribution in [-0.4, -0.2) is 28.7 Å². The Morgan fingerprint density at radius 3 is 1.85 bits per heavy atom. The van der Waals surface area contributed by atoms with Gasteiger partial charge in [0.15, 0.2) is 6.29 Å². The van der Waals surface area contributed by atoms with Crippen molar-refractivity contribution < 1.29 is 24.1 Å².